The number of nitrogen functional groups attached to an aromatic ring is 1. The fourth-order valence-corrected chi connectivity index (χ4v) is 1.92. The average Bonchev–Trinajstić information content (AvgIpc) is 2.89. The minimum absolute atomic E-state index is 0.614. The van der Waals surface area contributed by atoms with Crippen molar-refractivity contribution >= 4 is 23.0 Å². The van der Waals surface area contributed by atoms with E-state index in [-0.39, 0.29) is 0 Å². The van der Waals surface area contributed by atoms with Crippen molar-refractivity contribution in [3.8, 4) is 0 Å². The molecule has 0 bridgehead atoms. The number of anilines is 2. The molecular formula is C11H15ClN2. The molecule has 3 heteroatoms. The molecule has 2 unspecified atom stereocenters. The van der Waals surface area contributed by atoms with E-state index >= 15 is 0 Å². The normalized spacial score (nSPS) is 24.7. The van der Waals surface area contributed by atoms with Gasteiger partial charge in [0, 0.05) is 11.1 Å². The first-order chi connectivity index (χ1) is 6.70. The molecule has 2 rings (SSSR count). The molecule has 1 saturated carbocycles. The van der Waals surface area contributed by atoms with Crippen molar-refractivity contribution in [3.63, 3.8) is 0 Å². The summed E-state index contributed by atoms with van der Waals surface area (Å²) in [5.41, 5.74) is 7.58. The minimum Gasteiger partial charge on any atom is -0.397 e. The predicted octanol–water partition coefficient (Wildman–Crippen LogP) is 3.13. The molecule has 1 aromatic rings. The van der Waals surface area contributed by atoms with Crippen molar-refractivity contribution in [1.29, 1.82) is 0 Å². The molecule has 0 radical (unpaired) electrons. The van der Waals surface area contributed by atoms with Gasteiger partial charge in [-0.3, -0.25) is 0 Å². The molecule has 2 nitrogen and oxygen atoms in total. The van der Waals surface area contributed by atoms with Gasteiger partial charge in [0.15, 0.2) is 0 Å². The SMILES string of the molecule is CCC1CC1Nc1ccc(Cl)cc1N. The Morgan fingerprint density at radius 1 is 1.57 bits per heavy atom. The fraction of sp³-hybridized carbons (Fsp3) is 0.455. The molecule has 1 aliphatic rings. The smallest absolute Gasteiger partial charge is 0.0577 e. The number of hydrogen-bond donors (Lipinski definition) is 2. The van der Waals surface area contributed by atoms with Gasteiger partial charge < -0.3 is 11.1 Å². The molecule has 1 aromatic carbocycles. The lowest BCUT2D eigenvalue weighted by Gasteiger charge is -2.08. The van der Waals surface area contributed by atoms with E-state index in [1.54, 1.807) is 6.07 Å². The van der Waals surface area contributed by atoms with Crippen LogP contribution in [-0.2, 0) is 0 Å². The number of benzene rings is 1. The maximum absolute atomic E-state index is 5.84. The van der Waals surface area contributed by atoms with Crippen LogP contribution >= 0.6 is 11.6 Å². The van der Waals surface area contributed by atoms with Crippen LogP contribution in [0.4, 0.5) is 11.4 Å². The van der Waals surface area contributed by atoms with Crippen LogP contribution in [0, 0.1) is 5.92 Å². The summed E-state index contributed by atoms with van der Waals surface area (Å²) in [6.07, 6.45) is 2.50. The highest BCUT2D eigenvalue weighted by Crippen LogP contribution is 2.37. The van der Waals surface area contributed by atoms with Gasteiger partial charge in [-0.15, -0.1) is 0 Å². The van der Waals surface area contributed by atoms with Crippen LogP contribution < -0.4 is 11.1 Å². The first-order valence-corrected chi connectivity index (χ1v) is 5.40. The first-order valence-electron chi connectivity index (χ1n) is 5.02. The van der Waals surface area contributed by atoms with Crippen molar-refractivity contribution < 1.29 is 0 Å². The van der Waals surface area contributed by atoms with E-state index in [0.29, 0.717) is 11.1 Å². The van der Waals surface area contributed by atoms with Gasteiger partial charge in [-0.1, -0.05) is 24.9 Å². The molecular weight excluding hydrogens is 196 g/mol. The summed E-state index contributed by atoms with van der Waals surface area (Å²) >= 11 is 5.82. The van der Waals surface area contributed by atoms with Gasteiger partial charge in [-0.05, 0) is 30.5 Å². The highest BCUT2D eigenvalue weighted by Gasteiger charge is 2.35. The fourth-order valence-electron chi connectivity index (χ4n) is 1.74. The Morgan fingerprint density at radius 3 is 2.93 bits per heavy atom. The Kier molecular flexibility index (Phi) is 2.55. The van der Waals surface area contributed by atoms with Crippen LogP contribution in [0.5, 0.6) is 0 Å². The van der Waals surface area contributed by atoms with E-state index in [0.717, 1.165) is 17.3 Å². The van der Waals surface area contributed by atoms with Crippen molar-refractivity contribution in [3.05, 3.63) is 23.2 Å². The van der Waals surface area contributed by atoms with Gasteiger partial charge >= 0.3 is 0 Å². The standard InChI is InChI=1S/C11H15ClN2/c1-2-7-5-11(7)14-10-4-3-8(12)6-9(10)13/h3-4,6-7,11,14H,2,5,13H2,1H3. The van der Waals surface area contributed by atoms with Crippen molar-refractivity contribution in [1.82, 2.24) is 0 Å². The average molecular weight is 211 g/mol. The van der Waals surface area contributed by atoms with E-state index in [2.05, 4.69) is 12.2 Å². The summed E-state index contributed by atoms with van der Waals surface area (Å²) in [6, 6.07) is 6.21. The lowest BCUT2D eigenvalue weighted by atomic mass is 10.2. The van der Waals surface area contributed by atoms with E-state index in [9.17, 15) is 0 Å². The number of hydrogen-bond acceptors (Lipinski definition) is 2. The second kappa shape index (κ2) is 3.70. The zero-order chi connectivity index (χ0) is 10.1. The highest BCUT2D eigenvalue weighted by molar-refractivity contribution is 6.31. The molecule has 2 atom stereocenters. The summed E-state index contributed by atoms with van der Waals surface area (Å²) in [5, 5.41) is 4.12. The summed E-state index contributed by atoms with van der Waals surface area (Å²) in [5.74, 6) is 0.824. The molecule has 3 N–H and O–H groups in total. The topological polar surface area (TPSA) is 38.0 Å². The Bertz CT molecular complexity index is 338. The van der Waals surface area contributed by atoms with Crippen molar-refractivity contribution in [2.45, 2.75) is 25.8 Å². The van der Waals surface area contributed by atoms with Crippen LogP contribution in [0.1, 0.15) is 19.8 Å². The third-order valence-corrected chi connectivity index (χ3v) is 3.04. The van der Waals surface area contributed by atoms with Gasteiger partial charge in [0.25, 0.3) is 0 Å². The summed E-state index contributed by atoms with van der Waals surface area (Å²) < 4.78 is 0. The van der Waals surface area contributed by atoms with E-state index in [1.807, 2.05) is 12.1 Å². The molecule has 1 fully saturated rings. The Labute approximate surface area is 89.4 Å². The summed E-state index contributed by atoms with van der Waals surface area (Å²) in [7, 11) is 0. The number of rotatable bonds is 3. The molecule has 0 heterocycles. The Balaban J connectivity index is 2.03. The van der Waals surface area contributed by atoms with Gasteiger partial charge in [0.2, 0.25) is 0 Å². The van der Waals surface area contributed by atoms with Crippen molar-refractivity contribution in [2.24, 2.45) is 5.92 Å². The highest BCUT2D eigenvalue weighted by atomic mass is 35.5. The third-order valence-electron chi connectivity index (χ3n) is 2.80. The Hall–Kier alpha value is -0.890. The third kappa shape index (κ3) is 1.95. The molecule has 0 aromatic heterocycles. The minimum atomic E-state index is 0.614. The maximum atomic E-state index is 5.84. The molecule has 76 valence electrons. The molecule has 0 aliphatic heterocycles. The molecule has 0 spiro atoms. The zero-order valence-corrected chi connectivity index (χ0v) is 9.01. The lowest BCUT2D eigenvalue weighted by molar-refractivity contribution is 0.775. The number of nitrogens with one attached hydrogen (secondary N) is 1. The molecule has 14 heavy (non-hydrogen) atoms. The van der Waals surface area contributed by atoms with Gasteiger partial charge in [-0.25, -0.2) is 0 Å². The number of nitrogens with two attached hydrogens (primary N) is 1. The van der Waals surface area contributed by atoms with Gasteiger partial charge in [0.05, 0.1) is 11.4 Å². The molecule has 0 saturated heterocycles. The van der Waals surface area contributed by atoms with E-state index < -0.39 is 0 Å². The maximum Gasteiger partial charge on any atom is 0.0577 e. The van der Waals surface area contributed by atoms with E-state index in [1.165, 1.54) is 12.8 Å². The number of halogens is 1. The molecule has 0 amide bonds. The van der Waals surface area contributed by atoms with Crippen LogP contribution in [0.3, 0.4) is 0 Å². The monoisotopic (exact) mass is 210 g/mol. The zero-order valence-electron chi connectivity index (χ0n) is 8.26. The van der Waals surface area contributed by atoms with Crippen LogP contribution in [0.2, 0.25) is 5.02 Å². The lowest BCUT2D eigenvalue weighted by Crippen LogP contribution is -2.06. The Morgan fingerprint density at radius 2 is 2.36 bits per heavy atom. The molecule has 1 aliphatic carbocycles. The quantitative estimate of drug-likeness (QED) is 0.753. The van der Waals surface area contributed by atoms with E-state index in [4.69, 9.17) is 17.3 Å². The van der Waals surface area contributed by atoms with Crippen LogP contribution in [0.25, 0.3) is 0 Å². The second-order valence-electron chi connectivity index (χ2n) is 3.89. The first kappa shape index (κ1) is 9.66. The van der Waals surface area contributed by atoms with Crippen molar-refractivity contribution in [2.75, 3.05) is 11.1 Å². The van der Waals surface area contributed by atoms with Gasteiger partial charge in [0.1, 0.15) is 0 Å². The van der Waals surface area contributed by atoms with Crippen LogP contribution in [-0.4, -0.2) is 6.04 Å². The summed E-state index contributed by atoms with van der Waals surface area (Å²) in [4.78, 5) is 0. The van der Waals surface area contributed by atoms with Gasteiger partial charge in [-0.2, -0.15) is 0 Å². The van der Waals surface area contributed by atoms with Crippen LogP contribution in [0.15, 0.2) is 18.2 Å². The largest absolute Gasteiger partial charge is 0.397 e. The second-order valence-corrected chi connectivity index (χ2v) is 4.32. The predicted molar refractivity (Wildman–Crippen MR) is 61.7 cm³/mol. The summed E-state index contributed by atoms with van der Waals surface area (Å²) in [6.45, 7) is 2.22.